The summed E-state index contributed by atoms with van der Waals surface area (Å²) < 4.78 is 0. The molecule has 68 valence electrons. The van der Waals surface area contributed by atoms with E-state index in [-0.39, 0.29) is 12.6 Å². The van der Waals surface area contributed by atoms with Crippen molar-refractivity contribution in [1.29, 1.82) is 0 Å². The van der Waals surface area contributed by atoms with E-state index in [0.717, 1.165) is 16.4 Å². The Morgan fingerprint density at radius 2 is 2.15 bits per heavy atom. The van der Waals surface area contributed by atoms with Crippen LogP contribution in [0.15, 0.2) is 35.3 Å². The first-order chi connectivity index (χ1) is 6.40. The molecule has 13 heavy (non-hydrogen) atoms. The summed E-state index contributed by atoms with van der Waals surface area (Å²) in [6.07, 6.45) is 0. The van der Waals surface area contributed by atoms with Crippen molar-refractivity contribution in [3.8, 4) is 0 Å². The zero-order valence-electron chi connectivity index (χ0n) is 7.18. The predicted octanol–water partition coefficient (Wildman–Crippen LogP) is 1.54. The van der Waals surface area contributed by atoms with E-state index in [4.69, 9.17) is 5.11 Å². The first kappa shape index (κ1) is 8.78. The number of benzene rings is 1. The maximum atomic E-state index is 8.91. The van der Waals surface area contributed by atoms with E-state index in [1.165, 1.54) is 0 Å². The van der Waals surface area contributed by atoms with E-state index in [1.54, 1.807) is 11.8 Å². The molecule has 0 aliphatic carbocycles. The minimum absolute atomic E-state index is 0.0974. The molecule has 1 atom stereocenters. The van der Waals surface area contributed by atoms with Crippen LogP contribution in [-0.2, 0) is 0 Å². The number of aliphatic imine (C=N–C) groups is 1. The van der Waals surface area contributed by atoms with Gasteiger partial charge >= 0.3 is 0 Å². The molecule has 0 radical (unpaired) electrons. The second-order valence-corrected chi connectivity index (χ2v) is 3.96. The lowest BCUT2D eigenvalue weighted by Gasteiger charge is -1.97. The van der Waals surface area contributed by atoms with Crippen molar-refractivity contribution >= 4 is 16.8 Å². The number of thioether (sulfide) groups is 1. The van der Waals surface area contributed by atoms with Gasteiger partial charge in [-0.15, -0.1) is 11.8 Å². The number of rotatable bonds is 2. The Labute approximate surface area is 81.7 Å². The van der Waals surface area contributed by atoms with Crippen LogP contribution < -0.4 is 0 Å². The van der Waals surface area contributed by atoms with Gasteiger partial charge in [-0.05, 0) is 0 Å². The summed E-state index contributed by atoms with van der Waals surface area (Å²) in [5.41, 5.74) is 1.16. The van der Waals surface area contributed by atoms with Crippen LogP contribution in [0.5, 0.6) is 0 Å². The number of aliphatic hydroxyl groups excluding tert-OH is 1. The van der Waals surface area contributed by atoms with Crippen LogP contribution in [-0.4, -0.2) is 28.6 Å². The normalized spacial score (nSPS) is 21.6. The van der Waals surface area contributed by atoms with Crippen LogP contribution in [0.25, 0.3) is 0 Å². The topological polar surface area (TPSA) is 32.6 Å². The molecule has 0 bridgehead atoms. The molecule has 0 fully saturated rings. The minimum Gasteiger partial charge on any atom is -0.394 e. The average molecular weight is 193 g/mol. The number of hydrogen-bond acceptors (Lipinski definition) is 3. The fourth-order valence-electron chi connectivity index (χ4n) is 1.25. The van der Waals surface area contributed by atoms with E-state index in [1.807, 2.05) is 30.3 Å². The fourth-order valence-corrected chi connectivity index (χ4v) is 2.30. The molecule has 0 amide bonds. The maximum Gasteiger partial charge on any atom is 0.0982 e. The van der Waals surface area contributed by atoms with E-state index in [0.29, 0.717) is 0 Å². The van der Waals surface area contributed by atoms with Crippen molar-refractivity contribution in [2.24, 2.45) is 4.99 Å². The van der Waals surface area contributed by atoms with E-state index >= 15 is 0 Å². The highest BCUT2D eigenvalue weighted by molar-refractivity contribution is 8.14. The average Bonchev–Trinajstić information content (AvgIpc) is 2.67. The van der Waals surface area contributed by atoms with Crippen LogP contribution in [0.3, 0.4) is 0 Å². The van der Waals surface area contributed by atoms with Crippen LogP contribution >= 0.6 is 11.8 Å². The lowest BCUT2D eigenvalue weighted by atomic mass is 10.2. The molecule has 3 heteroatoms. The summed E-state index contributed by atoms with van der Waals surface area (Å²) in [7, 11) is 0. The molecule has 1 aliphatic heterocycles. The summed E-state index contributed by atoms with van der Waals surface area (Å²) in [6, 6.07) is 10.2. The Bertz CT molecular complexity index is 310. The highest BCUT2D eigenvalue weighted by Gasteiger charge is 2.17. The maximum absolute atomic E-state index is 8.91. The van der Waals surface area contributed by atoms with Gasteiger partial charge in [0.2, 0.25) is 0 Å². The molecule has 1 N–H and O–H groups in total. The molecule has 0 saturated heterocycles. The van der Waals surface area contributed by atoms with E-state index in [2.05, 4.69) is 4.99 Å². The molecule has 2 rings (SSSR count). The summed E-state index contributed by atoms with van der Waals surface area (Å²) in [5, 5.41) is 9.97. The Hall–Kier alpha value is -0.800. The van der Waals surface area contributed by atoms with Crippen LogP contribution in [0.1, 0.15) is 5.56 Å². The number of hydrogen-bond donors (Lipinski definition) is 1. The summed E-state index contributed by atoms with van der Waals surface area (Å²) in [6.45, 7) is 0.156. The van der Waals surface area contributed by atoms with Gasteiger partial charge in [-0.1, -0.05) is 30.3 Å². The SMILES string of the molecule is OC[C@@H]1CSC(c2ccccc2)=N1. The van der Waals surface area contributed by atoms with Crippen LogP contribution in [0, 0.1) is 0 Å². The van der Waals surface area contributed by atoms with Gasteiger partial charge < -0.3 is 5.11 Å². The Morgan fingerprint density at radius 1 is 1.38 bits per heavy atom. The zero-order valence-corrected chi connectivity index (χ0v) is 8.00. The van der Waals surface area contributed by atoms with Gasteiger partial charge in [0.15, 0.2) is 0 Å². The molecule has 0 spiro atoms. The highest BCUT2D eigenvalue weighted by Crippen LogP contribution is 2.22. The largest absolute Gasteiger partial charge is 0.394 e. The predicted molar refractivity (Wildman–Crippen MR) is 56.3 cm³/mol. The van der Waals surface area contributed by atoms with Crippen molar-refractivity contribution < 1.29 is 5.11 Å². The molecule has 1 aromatic carbocycles. The quantitative estimate of drug-likeness (QED) is 0.772. The summed E-state index contributed by atoms with van der Waals surface area (Å²) in [5.74, 6) is 0.903. The Balaban J connectivity index is 2.19. The third-order valence-corrected chi connectivity index (χ3v) is 3.11. The molecule has 1 aromatic rings. The molecule has 0 aromatic heterocycles. The highest BCUT2D eigenvalue weighted by atomic mass is 32.2. The van der Waals surface area contributed by atoms with Gasteiger partial charge in [-0.3, -0.25) is 4.99 Å². The van der Waals surface area contributed by atoms with Gasteiger partial charge in [-0.2, -0.15) is 0 Å². The lowest BCUT2D eigenvalue weighted by molar-refractivity contribution is 0.277. The smallest absolute Gasteiger partial charge is 0.0982 e. The molecule has 2 nitrogen and oxygen atoms in total. The van der Waals surface area contributed by atoms with Crippen molar-refractivity contribution in [3.05, 3.63) is 35.9 Å². The molecule has 1 heterocycles. The summed E-state index contributed by atoms with van der Waals surface area (Å²) in [4.78, 5) is 4.41. The molecule has 0 saturated carbocycles. The van der Waals surface area contributed by atoms with Crippen LogP contribution in [0.2, 0.25) is 0 Å². The minimum atomic E-state index is 0.0974. The second kappa shape index (κ2) is 3.94. The van der Waals surface area contributed by atoms with Gasteiger partial charge in [-0.25, -0.2) is 0 Å². The van der Waals surface area contributed by atoms with Gasteiger partial charge in [0.05, 0.1) is 17.7 Å². The van der Waals surface area contributed by atoms with Crippen molar-refractivity contribution in [3.63, 3.8) is 0 Å². The molecular weight excluding hydrogens is 182 g/mol. The third-order valence-electron chi connectivity index (χ3n) is 1.94. The Kier molecular flexibility index (Phi) is 2.66. The van der Waals surface area contributed by atoms with Crippen molar-refractivity contribution in [1.82, 2.24) is 0 Å². The molecule has 1 aliphatic rings. The van der Waals surface area contributed by atoms with Gasteiger partial charge in [0.25, 0.3) is 0 Å². The fraction of sp³-hybridized carbons (Fsp3) is 0.300. The Morgan fingerprint density at radius 3 is 2.77 bits per heavy atom. The third kappa shape index (κ3) is 1.92. The number of nitrogens with zero attached hydrogens (tertiary/aromatic N) is 1. The van der Waals surface area contributed by atoms with Gasteiger partial charge in [0.1, 0.15) is 0 Å². The zero-order chi connectivity index (χ0) is 9.10. The monoisotopic (exact) mass is 193 g/mol. The van der Waals surface area contributed by atoms with E-state index < -0.39 is 0 Å². The molecular formula is C10H11NOS. The first-order valence-corrected chi connectivity index (χ1v) is 5.25. The standard InChI is InChI=1S/C10H11NOS/c12-6-9-7-13-10(11-9)8-4-2-1-3-5-8/h1-5,9,12H,6-7H2/t9-/m1/s1. The number of aliphatic hydroxyl groups is 1. The van der Waals surface area contributed by atoms with Gasteiger partial charge in [0, 0.05) is 11.3 Å². The van der Waals surface area contributed by atoms with Crippen molar-refractivity contribution in [2.75, 3.05) is 12.4 Å². The second-order valence-electron chi connectivity index (χ2n) is 2.95. The van der Waals surface area contributed by atoms with Crippen molar-refractivity contribution in [2.45, 2.75) is 6.04 Å². The van der Waals surface area contributed by atoms with Crippen LogP contribution in [0.4, 0.5) is 0 Å². The summed E-state index contributed by atoms with van der Waals surface area (Å²) >= 11 is 1.72. The first-order valence-electron chi connectivity index (χ1n) is 4.27. The molecule has 0 unspecified atom stereocenters. The van der Waals surface area contributed by atoms with E-state index in [9.17, 15) is 0 Å². The lowest BCUT2D eigenvalue weighted by Crippen LogP contribution is -2.08.